The molecule has 0 bridgehead atoms. The summed E-state index contributed by atoms with van der Waals surface area (Å²) in [6, 6.07) is 10.2. The molecule has 1 aromatic carbocycles. The lowest BCUT2D eigenvalue weighted by atomic mass is 10.1. The number of benzene rings is 1. The van der Waals surface area contributed by atoms with Gasteiger partial charge in [0.2, 0.25) is 5.91 Å². The molecule has 0 aliphatic heterocycles. The number of hydrogen-bond donors (Lipinski definition) is 2. The fourth-order valence-corrected chi connectivity index (χ4v) is 2.91. The Balaban J connectivity index is 1.64. The zero-order valence-electron chi connectivity index (χ0n) is 11.1. The number of aliphatic carboxylic acids is 1. The minimum Gasteiger partial charge on any atom is -0.478 e. The second kappa shape index (κ2) is 5.12. The first kappa shape index (κ1) is 12.9. The molecule has 0 heterocycles. The molecule has 2 aliphatic rings. The third-order valence-electron chi connectivity index (χ3n) is 4.08. The second-order valence-corrected chi connectivity index (χ2v) is 5.45. The Bertz CT molecular complexity index is 577. The van der Waals surface area contributed by atoms with Gasteiger partial charge in [-0.05, 0) is 31.2 Å². The molecule has 2 aliphatic carbocycles. The van der Waals surface area contributed by atoms with Gasteiger partial charge in [0.25, 0.3) is 0 Å². The van der Waals surface area contributed by atoms with Gasteiger partial charge < -0.3 is 10.4 Å². The molecule has 2 unspecified atom stereocenters. The van der Waals surface area contributed by atoms with Crippen LogP contribution in [0.2, 0.25) is 0 Å². The molecule has 1 amide bonds. The Kier molecular flexibility index (Phi) is 3.30. The fraction of sp³-hybridized carbons (Fsp3) is 0.375. The second-order valence-electron chi connectivity index (χ2n) is 5.45. The minimum absolute atomic E-state index is 0.146. The van der Waals surface area contributed by atoms with Crippen molar-refractivity contribution in [2.45, 2.75) is 37.6 Å². The van der Waals surface area contributed by atoms with Gasteiger partial charge >= 0.3 is 5.97 Å². The lowest BCUT2D eigenvalue weighted by Gasteiger charge is -2.07. The highest BCUT2D eigenvalue weighted by molar-refractivity contribution is 6.03. The monoisotopic (exact) mass is 271 g/mol. The number of hydrogen-bond acceptors (Lipinski definition) is 2. The van der Waals surface area contributed by atoms with Crippen molar-refractivity contribution in [1.82, 2.24) is 5.32 Å². The molecule has 104 valence electrons. The summed E-state index contributed by atoms with van der Waals surface area (Å²) in [5, 5.41) is 12.0. The van der Waals surface area contributed by atoms with Crippen molar-refractivity contribution in [2.24, 2.45) is 0 Å². The van der Waals surface area contributed by atoms with Crippen molar-refractivity contribution in [2.75, 3.05) is 0 Å². The number of carboxylic acids is 1. The maximum absolute atomic E-state index is 12.2. The van der Waals surface area contributed by atoms with Crippen molar-refractivity contribution < 1.29 is 14.7 Å². The Labute approximate surface area is 117 Å². The Hall–Kier alpha value is -2.10. The lowest BCUT2D eigenvalue weighted by molar-refractivity contribution is -0.133. The van der Waals surface area contributed by atoms with E-state index in [0.717, 1.165) is 12.8 Å². The molecule has 4 heteroatoms. The van der Waals surface area contributed by atoms with Gasteiger partial charge in [-0.15, -0.1) is 0 Å². The standard InChI is InChI=1S/C16H17NO3/c18-15(11-7-4-8-12(11)16(19)20)17-14-9-13(14)10-5-2-1-3-6-10/h1-3,5-6,13-14H,4,7-9H2,(H,17,18)(H,19,20). The van der Waals surface area contributed by atoms with Gasteiger partial charge in [-0.3, -0.25) is 4.79 Å². The first-order valence-electron chi connectivity index (χ1n) is 6.98. The summed E-state index contributed by atoms with van der Waals surface area (Å²) in [6.45, 7) is 0. The average Bonchev–Trinajstić information content (AvgIpc) is 3.02. The number of carbonyl (C=O) groups is 2. The maximum Gasteiger partial charge on any atom is 0.332 e. The summed E-state index contributed by atoms with van der Waals surface area (Å²) >= 11 is 0. The first-order valence-corrected chi connectivity index (χ1v) is 6.98. The number of nitrogens with one attached hydrogen (secondary N) is 1. The Morgan fingerprint density at radius 2 is 1.80 bits per heavy atom. The normalized spacial score (nSPS) is 24.6. The van der Waals surface area contributed by atoms with Crippen LogP contribution < -0.4 is 5.32 Å². The predicted octanol–water partition coefficient (Wildman–Crippen LogP) is 2.22. The van der Waals surface area contributed by atoms with Crippen LogP contribution in [-0.4, -0.2) is 23.0 Å². The zero-order chi connectivity index (χ0) is 14.1. The SMILES string of the molecule is O=C(O)C1=C(C(=O)NC2CC2c2ccccc2)CCC1. The van der Waals surface area contributed by atoms with Crippen LogP contribution in [0.3, 0.4) is 0 Å². The maximum atomic E-state index is 12.2. The number of amides is 1. The molecule has 0 saturated heterocycles. The van der Waals surface area contributed by atoms with E-state index >= 15 is 0 Å². The van der Waals surface area contributed by atoms with Crippen LogP contribution >= 0.6 is 0 Å². The molecule has 2 atom stereocenters. The molecule has 3 rings (SSSR count). The van der Waals surface area contributed by atoms with Gasteiger partial charge in [0.05, 0.1) is 0 Å². The van der Waals surface area contributed by atoms with Crippen LogP contribution in [0.5, 0.6) is 0 Å². The van der Waals surface area contributed by atoms with E-state index in [1.165, 1.54) is 5.56 Å². The smallest absolute Gasteiger partial charge is 0.332 e. The topological polar surface area (TPSA) is 66.4 Å². The highest BCUT2D eigenvalue weighted by atomic mass is 16.4. The zero-order valence-corrected chi connectivity index (χ0v) is 11.1. The minimum atomic E-state index is -0.956. The van der Waals surface area contributed by atoms with Gasteiger partial charge in [-0.2, -0.15) is 0 Å². The lowest BCUT2D eigenvalue weighted by Crippen LogP contribution is -2.28. The van der Waals surface area contributed by atoms with E-state index in [1.54, 1.807) is 0 Å². The van der Waals surface area contributed by atoms with Crippen molar-refractivity contribution in [3.63, 3.8) is 0 Å². The van der Waals surface area contributed by atoms with Crippen LogP contribution in [-0.2, 0) is 9.59 Å². The first-order chi connectivity index (χ1) is 9.66. The van der Waals surface area contributed by atoms with Gasteiger partial charge in [-0.1, -0.05) is 30.3 Å². The van der Waals surface area contributed by atoms with Gasteiger partial charge in [0, 0.05) is 23.1 Å². The summed E-state index contributed by atoms with van der Waals surface area (Å²) in [5.74, 6) is -0.776. The van der Waals surface area contributed by atoms with Gasteiger partial charge in [0.1, 0.15) is 0 Å². The quantitative estimate of drug-likeness (QED) is 0.882. The molecule has 1 aromatic rings. The number of rotatable bonds is 4. The van der Waals surface area contributed by atoms with E-state index in [1.807, 2.05) is 18.2 Å². The number of carbonyl (C=O) groups excluding carboxylic acids is 1. The van der Waals surface area contributed by atoms with Crippen LogP contribution in [0.25, 0.3) is 0 Å². The molecule has 20 heavy (non-hydrogen) atoms. The van der Waals surface area contributed by atoms with Crippen LogP contribution in [0.15, 0.2) is 41.5 Å². The van der Waals surface area contributed by atoms with Crippen molar-refractivity contribution in [3.05, 3.63) is 47.0 Å². The molecule has 1 fully saturated rings. The third-order valence-corrected chi connectivity index (χ3v) is 4.08. The van der Waals surface area contributed by atoms with Crippen LogP contribution in [0.1, 0.15) is 37.2 Å². The molecule has 0 aromatic heterocycles. The highest BCUT2D eigenvalue weighted by Gasteiger charge is 2.40. The Morgan fingerprint density at radius 3 is 2.50 bits per heavy atom. The van der Waals surface area contributed by atoms with E-state index in [0.29, 0.717) is 29.9 Å². The van der Waals surface area contributed by atoms with Crippen LogP contribution in [0, 0.1) is 0 Å². The fourth-order valence-electron chi connectivity index (χ4n) is 2.91. The molecule has 0 spiro atoms. The van der Waals surface area contributed by atoms with Gasteiger partial charge in [0.15, 0.2) is 0 Å². The van der Waals surface area contributed by atoms with Crippen molar-refractivity contribution in [1.29, 1.82) is 0 Å². The summed E-state index contributed by atoms with van der Waals surface area (Å²) in [4.78, 5) is 23.2. The summed E-state index contributed by atoms with van der Waals surface area (Å²) in [5.41, 5.74) is 1.99. The molecular formula is C16H17NO3. The van der Waals surface area contributed by atoms with Gasteiger partial charge in [-0.25, -0.2) is 4.79 Å². The van der Waals surface area contributed by atoms with E-state index in [2.05, 4.69) is 17.4 Å². The van der Waals surface area contributed by atoms with E-state index < -0.39 is 5.97 Å². The number of carboxylic acid groups (broad SMARTS) is 1. The average molecular weight is 271 g/mol. The van der Waals surface area contributed by atoms with Crippen molar-refractivity contribution in [3.8, 4) is 0 Å². The van der Waals surface area contributed by atoms with Crippen LogP contribution in [0.4, 0.5) is 0 Å². The van der Waals surface area contributed by atoms with E-state index in [4.69, 9.17) is 5.11 Å². The molecule has 1 saturated carbocycles. The molecule has 4 nitrogen and oxygen atoms in total. The summed E-state index contributed by atoms with van der Waals surface area (Å²) < 4.78 is 0. The molecular weight excluding hydrogens is 254 g/mol. The Morgan fingerprint density at radius 1 is 1.10 bits per heavy atom. The van der Waals surface area contributed by atoms with Crippen molar-refractivity contribution >= 4 is 11.9 Å². The largest absolute Gasteiger partial charge is 0.478 e. The van der Waals surface area contributed by atoms with E-state index in [9.17, 15) is 9.59 Å². The third kappa shape index (κ3) is 2.46. The summed E-state index contributed by atoms with van der Waals surface area (Å²) in [7, 11) is 0. The summed E-state index contributed by atoms with van der Waals surface area (Å²) in [6.07, 6.45) is 2.78. The van der Waals surface area contributed by atoms with E-state index in [-0.39, 0.29) is 11.9 Å². The highest BCUT2D eigenvalue weighted by Crippen LogP contribution is 2.41. The predicted molar refractivity (Wildman–Crippen MR) is 74.2 cm³/mol. The molecule has 2 N–H and O–H groups in total. The molecule has 0 radical (unpaired) electrons.